The molecule has 0 aliphatic carbocycles. The number of amides is 1. The third-order valence-corrected chi connectivity index (χ3v) is 5.56. The fourth-order valence-electron chi connectivity index (χ4n) is 3.62. The van der Waals surface area contributed by atoms with E-state index >= 15 is 0 Å². The van der Waals surface area contributed by atoms with E-state index in [-0.39, 0.29) is 18.2 Å². The van der Waals surface area contributed by atoms with Crippen molar-refractivity contribution in [1.82, 2.24) is 4.90 Å². The van der Waals surface area contributed by atoms with Crippen LogP contribution in [0.1, 0.15) is 30.9 Å². The molecule has 0 atom stereocenters. The number of carbonyl (C=O) groups is 1. The molecule has 0 spiro atoms. The monoisotopic (exact) mass is 431 g/mol. The van der Waals surface area contributed by atoms with Crippen molar-refractivity contribution >= 4 is 28.9 Å². The third kappa shape index (κ3) is 4.84. The number of nitro benzene ring substituents is 1. The molecule has 2 aromatic rings. The SMILES string of the molecule is Cc1ccc(C(C)C)c(OCC(=O)N2CCN(c3c(Cl)cccc3[N+](=O)[O-])CC2)c1. The average molecular weight is 432 g/mol. The Kier molecular flexibility index (Phi) is 6.82. The highest BCUT2D eigenvalue weighted by molar-refractivity contribution is 6.33. The number of benzene rings is 2. The van der Waals surface area contributed by atoms with Gasteiger partial charge in [0, 0.05) is 32.2 Å². The first kappa shape index (κ1) is 21.9. The summed E-state index contributed by atoms with van der Waals surface area (Å²) in [4.78, 5) is 27.2. The molecule has 7 nitrogen and oxygen atoms in total. The van der Waals surface area contributed by atoms with E-state index in [1.807, 2.05) is 30.0 Å². The van der Waals surface area contributed by atoms with Gasteiger partial charge >= 0.3 is 0 Å². The number of hydrogen-bond donors (Lipinski definition) is 0. The van der Waals surface area contributed by atoms with Gasteiger partial charge in [0.2, 0.25) is 0 Å². The highest BCUT2D eigenvalue weighted by Gasteiger charge is 2.28. The van der Waals surface area contributed by atoms with Crippen molar-refractivity contribution in [2.75, 3.05) is 37.7 Å². The van der Waals surface area contributed by atoms with E-state index in [0.29, 0.717) is 42.8 Å². The fourth-order valence-corrected chi connectivity index (χ4v) is 3.91. The van der Waals surface area contributed by atoms with Gasteiger partial charge in [-0.05, 0) is 36.1 Å². The number of nitrogens with zero attached hydrogens (tertiary/aromatic N) is 3. The maximum absolute atomic E-state index is 12.7. The predicted octanol–water partition coefficient (Wildman–Crippen LogP) is 4.41. The number of piperazine rings is 1. The van der Waals surface area contributed by atoms with E-state index in [0.717, 1.165) is 16.9 Å². The summed E-state index contributed by atoms with van der Waals surface area (Å²) < 4.78 is 5.86. The second-order valence-electron chi connectivity index (χ2n) is 7.72. The Balaban J connectivity index is 1.62. The van der Waals surface area contributed by atoms with Gasteiger partial charge in [0.25, 0.3) is 11.6 Å². The standard InChI is InChI=1S/C22H26ClN3O4/c1-15(2)17-8-7-16(3)13-20(17)30-14-21(27)24-9-11-25(12-10-24)22-18(23)5-4-6-19(22)26(28)29/h4-8,13,15H,9-12,14H2,1-3H3. The molecule has 0 bridgehead atoms. The minimum Gasteiger partial charge on any atom is -0.483 e. The van der Waals surface area contributed by atoms with Crippen molar-refractivity contribution in [1.29, 1.82) is 0 Å². The molecular formula is C22H26ClN3O4. The molecule has 0 saturated carbocycles. The van der Waals surface area contributed by atoms with Gasteiger partial charge in [-0.25, -0.2) is 0 Å². The van der Waals surface area contributed by atoms with Gasteiger partial charge in [0.15, 0.2) is 6.61 Å². The van der Waals surface area contributed by atoms with Crippen LogP contribution in [0.4, 0.5) is 11.4 Å². The highest BCUT2D eigenvalue weighted by atomic mass is 35.5. The van der Waals surface area contributed by atoms with Gasteiger partial charge in [-0.15, -0.1) is 0 Å². The molecule has 30 heavy (non-hydrogen) atoms. The number of halogens is 1. The molecule has 1 aliphatic rings. The average Bonchev–Trinajstić information content (AvgIpc) is 2.71. The zero-order valence-electron chi connectivity index (χ0n) is 17.4. The number of para-hydroxylation sites is 1. The topological polar surface area (TPSA) is 75.9 Å². The first-order valence-corrected chi connectivity index (χ1v) is 10.3. The lowest BCUT2D eigenvalue weighted by atomic mass is 10.0. The summed E-state index contributed by atoms with van der Waals surface area (Å²) in [6.07, 6.45) is 0. The van der Waals surface area contributed by atoms with E-state index in [1.165, 1.54) is 6.07 Å². The number of ether oxygens (including phenoxy) is 1. The van der Waals surface area contributed by atoms with Crippen molar-refractivity contribution < 1.29 is 14.5 Å². The van der Waals surface area contributed by atoms with Gasteiger partial charge in [-0.2, -0.15) is 0 Å². The van der Waals surface area contributed by atoms with Crippen LogP contribution in [0, 0.1) is 17.0 Å². The largest absolute Gasteiger partial charge is 0.483 e. The van der Waals surface area contributed by atoms with Crippen molar-refractivity contribution in [2.45, 2.75) is 26.7 Å². The Morgan fingerprint density at radius 3 is 2.53 bits per heavy atom. The molecule has 1 fully saturated rings. The first-order chi connectivity index (χ1) is 14.3. The maximum Gasteiger partial charge on any atom is 0.294 e. The Labute approximate surface area is 181 Å². The lowest BCUT2D eigenvalue weighted by Crippen LogP contribution is -2.50. The van der Waals surface area contributed by atoms with Crippen LogP contribution in [0.5, 0.6) is 5.75 Å². The number of rotatable bonds is 6. The predicted molar refractivity (Wildman–Crippen MR) is 118 cm³/mol. The second kappa shape index (κ2) is 9.34. The minimum absolute atomic E-state index is 0.0220. The summed E-state index contributed by atoms with van der Waals surface area (Å²) in [5.41, 5.74) is 2.54. The smallest absolute Gasteiger partial charge is 0.294 e. The number of aryl methyl sites for hydroxylation is 1. The van der Waals surface area contributed by atoms with E-state index in [2.05, 4.69) is 13.8 Å². The van der Waals surface area contributed by atoms with Crippen LogP contribution < -0.4 is 9.64 Å². The van der Waals surface area contributed by atoms with Crippen LogP contribution in [-0.4, -0.2) is 48.5 Å². The van der Waals surface area contributed by atoms with Crippen LogP contribution in [0.2, 0.25) is 5.02 Å². The van der Waals surface area contributed by atoms with Gasteiger partial charge in [0.05, 0.1) is 9.95 Å². The van der Waals surface area contributed by atoms with E-state index < -0.39 is 4.92 Å². The van der Waals surface area contributed by atoms with Gasteiger partial charge < -0.3 is 14.5 Å². The summed E-state index contributed by atoms with van der Waals surface area (Å²) in [7, 11) is 0. The van der Waals surface area contributed by atoms with Crippen molar-refractivity contribution in [3.05, 3.63) is 62.7 Å². The summed E-state index contributed by atoms with van der Waals surface area (Å²) >= 11 is 6.23. The van der Waals surface area contributed by atoms with Crippen LogP contribution in [0.3, 0.4) is 0 Å². The number of carbonyl (C=O) groups excluding carboxylic acids is 1. The Bertz CT molecular complexity index is 940. The van der Waals surface area contributed by atoms with Crippen LogP contribution in [0.25, 0.3) is 0 Å². The molecule has 0 aromatic heterocycles. The zero-order chi connectivity index (χ0) is 21.8. The molecule has 0 N–H and O–H groups in total. The normalized spacial score (nSPS) is 14.2. The first-order valence-electron chi connectivity index (χ1n) is 9.97. The highest BCUT2D eigenvalue weighted by Crippen LogP contribution is 2.36. The van der Waals surface area contributed by atoms with Crippen LogP contribution >= 0.6 is 11.6 Å². The summed E-state index contributed by atoms with van der Waals surface area (Å²) in [6, 6.07) is 10.7. The summed E-state index contributed by atoms with van der Waals surface area (Å²) in [5, 5.41) is 11.7. The Morgan fingerprint density at radius 2 is 1.90 bits per heavy atom. The Morgan fingerprint density at radius 1 is 1.20 bits per heavy atom. The van der Waals surface area contributed by atoms with E-state index in [4.69, 9.17) is 16.3 Å². The van der Waals surface area contributed by atoms with Crippen molar-refractivity contribution in [2.24, 2.45) is 0 Å². The molecule has 1 aliphatic heterocycles. The third-order valence-electron chi connectivity index (χ3n) is 5.25. The van der Waals surface area contributed by atoms with E-state index in [1.54, 1.807) is 17.0 Å². The molecule has 1 saturated heterocycles. The molecule has 2 aromatic carbocycles. The lowest BCUT2D eigenvalue weighted by Gasteiger charge is -2.36. The van der Waals surface area contributed by atoms with Gasteiger partial charge in [0.1, 0.15) is 11.4 Å². The number of anilines is 1. The van der Waals surface area contributed by atoms with Crippen molar-refractivity contribution in [3.63, 3.8) is 0 Å². The minimum atomic E-state index is -0.430. The quantitative estimate of drug-likeness (QED) is 0.500. The lowest BCUT2D eigenvalue weighted by molar-refractivity contribution is -0.384. The molecule has 0 unspecified atom stereocenters. The molecular weight excluding hydrogens is 406 g/mol. The van der Waals surface area contributed by atoms with E-state index in [9.17, 15) is 14.9 Å². The van der Waals surface area contributed by atoms with Crippen molar-refractivity contribution in [3.8, 4) is 5.75 Å². The Hall–Kier alpha value is -2.80. The fraction of sp³-hybridized carbons (Fsp3) is 0.409. The van der Waals surface area contributed by atoms with Crippen LogP contribution in [-0.2, 0) is 4.79 Å². The van der Waals surface area contributed by atoms with Gasteiger partial charge in [-0.3, -0.25) is 14.9 Å². The summed E-state index contributed by atoms with van der Waals surface area (Å²) in [5.74, 6) is 0.939. The molecule has 3 rings (SSSR count). The molecule has 0 radical (unpaired) electrons. The molecule has 8 heteroatoms. The molecule has 160 valence electrons. The number of hydrogen-bond acceptors (Lipinski definition) is 5. The van der Waals surface area contributed by atoms with Gasteiger partial charge in [-0.1, -0.05) is 43.6 Å². The summed E-state index contributed by atoms with van der Waals surface area (Å²) in [6.45, 7) is 7.99. The second-order valence-corrected chi connectivity index (χ2v) is 8.12. The molecule has 1 heterocycles. The zero-order valence-corrected chi connectivity index (χ0v) is 18.2. The molecule has 1 amide bonds. The number of nitro groups is 1. The maximum atomic E-state index is 12.7. The van der Waals surface area contributed by atoms with Crippen LogP contribution in [0.15, 0.2) is 36.4 Å².